The van der Waals surface area contributed by atoms with E-state index in [1.807, 2.05) is 48.2 Å². The zero-order valence-electron chi connectivity index (χ0n) is 21.2. The molecule has 2 aromatic carbocycles. The summed E-state index contributed by atoms with van der Waals surface area (Å²) < 4.78 is 16.7. The van der Waals surface area contributed by atoms with E-state index in [1.54, 1.807) is 18.2 Å². The molecule has 1 saturated heterocycles. The molecule has 0 atom stereocenters. The minimum atomic E-state index is -0.574. The number of nitrogens with one attached hydrogen (secondary N) is 2. The summed E-state index contributed by atoms with van der Waals surface area (Å²) in [6.07, 6.45) is 0. The second-order valence-electron chi connectivity index (χ2n) is 8.75. The van der Waals surface area contributed by atoms with E-state index in [2.05, 4.69) is 35.8 Å². The molecule has 1 aliphatic rings. The molecule has 3 aromatic heterocycles. The van der Waals surface area contributed by atoms with Crippen molar-refractivity contribution in [2.75, 3.05) is 41.8 Å². The minimum Gasteiger partial charge on any atom is -0.422 e. The van der Waals surface area contributed by atoms with Crippen molar-refractivity contribution in [3.8, 4) is 11.5 Å². The number of nitrogens with zero attached hydrogens (tertiary/aromatic N) is 6. The maximum Gasteiger partial charge on any atom is 0.349 e. The number of thiocarbonyl (C=S) groups is 1. The average Bonchev–Trinajstić information content (AvgIpc) is 3.41. The molecule has 0 spiro atoms. The molecular formula is C26H22N8O4S2. The monoisotopic (exact) mass is 574 g/mol. The SMILES string of the molecule is Cc1cccc(NC(=S)Nc2nc(Sc3nnc(-c4cc5ccccc5oc4=O)o3)nc(N3CCOCC3)n2)c1. The van der Waals surface area contributed by atoms with Gasteiger partial charge in [-0.25, -0.2) is 4.79 Å². The quantitative estimate of drug-likeness (QED) is 0.221. The van der Waals surface area contributed by atoms with Crippen LogP contribution in [0.3, 0.4) is 0 Å². The van der Waals surface area contributed by atoms with E-state index in [4.69, 9.17) is 25.8 Å². The lowest BCUT2D eigenvalue weighted by atomic mass is 10.2. The van der Waals surface area contributed by atoms with Crippen molar-refractivity contribution in [2.45, 2.75) is 17.3 Å². The Balaban J connectivity index is 1.26. The fourth-order valence-electron chi connectivity index (χ4n) is 3.99. The van der Waals surface area contributed by atoms with Crippen molar-refractivity contribution in [3.63, 3.8) is 0 Å². The first-order valence-electron chi connectivity index (χ1n) is 12.3. The van der Waals surface area contributed by atoms with Gasteiger partial charge in [-0.15, -0.1) is 10.2 Å². The van der Waals surface area contributed by atoms with E-state index in [9.17, 15) is 4.79 Å². The van der Waals surface area contributed by atoms with E-state index < -0.39 is 5.63 Å². The molecule has 4 heterocycles. The first-order valence-corrected chi connectivity index (χ1v) is 13.5. The summed E-state index contributed by atoms with van der Waals surface area (Å²) in [5, 5.41) is 15.8. The molecule has 12 nitrogen and oxygen atoms in total. The number of rotatable bonds is 6. The van der Waals surface area contributed by atoms with Crippen LogP contribution in [0.1, 0.15) is 5.56 Å². The molecule has 0 bridgehead atoms. The third kappa shape index (κ3) is 5.93. The van der Waals surface area contributed by atoms with Crippen LogP contribution in [0.15, 0.2) is 78.6 Å². The Morgan fingerprint density at radius 1 is 0.975 bits per heavy atom. The predicted octanol–water partition coefficient (Wildman–Crippen LogP) is 4.13. The number of hydrogen-bond donors (Lipinski definition) is 2. The second-order valence-corrected chi connectivity index (χ2v) is 10.1. The number of fused-ring (bicyclic) bond motifs is 1. The summed E-state index contributed by atoms with van der Waals surface area (Å²) >= 11 is 6.54. The van der Waals surface area contributed by atoms with Gasteiger partial charge in [0, 0.05) is 35.9 Å². The Morgan fingerprint density at radius 2 is 1.82 bits per heavy atom. The highest BCUT2D eigenvalue weighted by Gasteiger charge is 2.20. The molecule has 14 heteroatoms. The molecular weight excluding hydrogens is 552 g/mol. The summed E-state index contributed by atoms with van der Waals surface area (Å²) in [5.74, 6) is 0.738. The molecule has 0 unspecified atom stereocenters. The molecule has 6 rings (SSSR count). The summed E-state index contributed by atoms with van der Waals surface area (Å²) in [6.45, 7) is 4.38. The fourth-order valence-corrected chi connectivity index (χ4v) is 4.81. The first kappa shape index (κ1) is 25.9. The Bertz CT molecular complexity index is 1750. The first-order chi connectivity index (χ1) is 19.5. The molecule has 1 fully saturated rings. The summed E-state index contributed by atoms with van der Waals surface area (Å²) in [7, 11) is 0. The fraction of sp³-hybridized carbons (Fsp3) is 0.192. The normalized spacial score (nSPS) is 13.4. The Kier molecular flexibility index (Phi) is 7.35. The van der Waals surface area contributed by atoms with Crippen molar-refractivity contribution in [1.82, 2.24) is 25.1 Å². The predicted molar refractivity (Wildman–Crippen MR) is 154 cm³/mol. The Morgan fingerprint density at radius 3 is 2.67 bits per heavy atom. The van der Waals surface area contributed by atoms with E-state index >= 15 is 0 Å². The number of para-hydroxylation sites is 1. The van der Waals surface area contributed by atoms with Crippen LogP contribution in [-0.4, -0.2) is 56.6 Å². The number of anilines is 3. The molecule has 5 aromatic rings. The van der Waals surface area contributed by atoms with Gasteiger partial charge in [-0.05, 0) is 49.0 Å². The van der Waals surface area contributed by atoms with Gasteiger partial charge in [-0.3, -0.25) is 0 Å². The average molecular weight is 575 g/mol. The molecule has 202 valence electrons. The highest BCUT2D eigenvalue weighted by atomic mass is 32.2. The Labute approximate surface area is 237 Å². The third-order valence-corrected chi connectivity index (χ3v) is 6.76. The number of ether oxygens (including phenoxy) is 1. The third-order valence-electron chi connectivity index (χ3n) is 5.86. The minimum absolute atomic E-state index is 0.0337. The molecule has 40 heavy (non-hydrogen) atoms. The van der Waals surface area contributed by atoms with Crippen LogP contribution in [-0.2, 0) is 4.74 Å². The molecule has 0 radical (unpaired) electrons. The van der Waals surface area contributed by atoms with Crippen molar-refractivity contribution in [2.24, 2.45) is 0 Å². The van der Waals surface area contributed by atoms with Crippen molar-refractivity contribution >= 4 is 57.6 Å². The summed E-state index contributed by atoms with van der Waals surface area (Å²) in [4.78, 5) is 28.2. The highest BCUT2D eigenvalue weighted by molar-refractivity contribution is 7.98. The molecule has 0 aliphatic carbocycles. The standard InChI is InChI=1S/C26H22N8O4S2/c1-15-5-4-7-17(13-15)27-24(39)29-22-28-23(34-9-11-36-12-10-34)31-25(30-22)40-26-33-32-20(38-26)18-14-16-6-2-3-8-19(16)37-21(18)35/h2-8,13-14H,9-12H2,1H3,(H2,27,28,29,30,31,39). The van der Waals surface area contributed by atoms with Gasteiger partial charge in [-0.2, -0.15) is 15.0 Å². The summed E-state index contributed by atoms with van der Waals surface area (Å²) in [5.41, 5.74) is 2.00. The van der Waals surface area contributed by atoms with Crippen molar-refractivity contribution < 1.29 is 13.6 Å². The van der Waals surface area contributed by atoms with Gasteiger partial charge >= 0.3 is 5.63 Å². The lowest BCUT2D eigenvalue weighted by Crippen LogP contribution is -2.37. The van der Waals surface area contributed by atoms with Gasteiger partial charge in [0.2, 0.25) is 17.1 Å². The van der Waals surface area contributed by atoms with E-state index in [-0.39, 0.29) is 22.6 Å². The molecule has 0 saturated carbocycles. The van der Waals surface area contributed by atoms with Crippen LogP contribution >= 0.6 is 24.0 Å². The smallest absolute Gasteiger partial charge is 0.349 e. The molecule has 1 aliphatic heterocycles. The molecule has 0 amide bonds. The van der Waals surface area contributed by atoms with Gasteiger partial charge < -0.3 is 29.1 Å². The lowest BCUT2D eigenvalue weighted by Gasteiger charge is -2.27. The summed E-state index contributed by atoms with van der Waals surface area (Å²) in [6, 6.07) is 16.7. The van der Waals surface area contributed by atoms with Gasteiger partial charge in [0.05, 0.1) is 13.2 Å². The maximum atomic E-state index is 12.5. The largest absolute Gasteiger partial charge is 0.422 e. The van der Waals surface area contributed by atoms with Crippen LogP contribution in [0.5, 0.6) is 0 Å². The highest BCUT2D eigenvalue weighted by Crippen LogP contribution is 2.29. The lowest BCUT2D eigenvalue weighted by molar-refractivity contribution is 0.122. The van der Waals surface area contributed by atoms with E-state index in [0.717, 1.165) is 28.4 Å². The van der Waals surface area contributed by atoms with Crippen LogP contribution in [0.4, 0.5) is 17.6 Å². The van der Waals surface area contributed by atoms with E-state index in [0.29, 0.717) is 48.1 Å². The Hall–Kier alpha value is -4.40. The van der Waals surface area contributed by atoms with Crippen molar-refractivity contribution in [3.05, 3.63) is 70.6 Å². The number of benzene rings is 2. The number of morpholine rings is 1. The number of aryl methyl sites for hydroxylation is 1. The van der Waals surface area contributed by atoms with Crippen molar-refractivity contribution in [1.29, 1.82) is 0 Å². The zero-order valence-corrected chi connectivity index (χ0v) is 22.8. The van der Waals surface area contributed by atoms with Gasteiger partial charge in [0.25, 0.3) is 11.1 Å². The van der Waals surface area contributed by atoms with Crippen LogP contribution in [0, 0.1) is 6.92 Å². The molecule has 2 N–H and O–H groups in total. The van der Waals surface area contributed by atoms with Gasteiger partial charge in [0.15, 0.2) is 5.11 Å². The topological polar surface area (TPSA) is 144 Å². The van der Waals surface area contributed by atoms with E-state index in [1.165, 1.54) is 0 Å². The van der Waals surface area contributed by atoms with Gasteiger partial charge in [-0.1, -0.05) is 30.3 Å². The maximum absolute atomic E-state index is 12.5. The number of aromatic nitrogens is 5. The van der Waals surface area contributed by atoms with Crippen LogP contribution in [0.2, 0.25) is 0 Å². The van der Waals surface area contributed by atoms with Crippen LogP contribution in [0.25, 0.3) is 22.4 Å². The second kappa shape index (κ2) is 11.4. The number of hydrogen-bond acceptors (Lipinski definition) is 12. The van der Waals surface area contributed by atoms with Crippen LogP contribution < -0.4 is 21.2 Å². The van der Waals surface area contributed by atoms with Gasteiger partial charge in [0.1, 0.15) is 11.1 Å². The zero-order chi connectivity index (χ0) is 27.5.